The number of carboxylic acid groups (broad SMARTS) is 1. The van der Waals surface area contributed by atoms with Crippen molar-refractivity contribution in [2.45, 2.75) is 6.61 Å². The van der Waals surface area contributed by atoms with E-state index in [-0.39, 0.29) is 12.3 Å². The smallest absolute Gasteiger partial charge is 0.354 e. The summed E-state index contributed by atoms with van der Waals surface area (Å²) in [6, 6.07) is 4.81. The second-order valence-corrected chi connectivity index (χ2v) is 3.48. The first-order valence-electron chi connectivity index (χ1n) is 5.57. The van der Waals surface area contributed by atoms with Gasteiger partial charge in [-0.15, -0.1) is 0 Å². The number of hydrogen-bond donors (Lipinski definition) is 1. The van der Waals surface area contributed by atoms with Crippen molar-refractivity contribution in [3.63, 3.8) is 0 Å². The first-order valence-corrected chi connectivity index (χ1v) is 5.57. The van der Waals surface area contributed by atoms with Gasteiger partial charge in [0.25, 0.3) is 0 Å². The van der Waals surface area contributed by atoms with Crippen LogP contribution in [0.25, 0.3) is 0 Å². The van der Waals surface area contributed by atoms with Crippen LogP contribution in [0, 0.1) is 0 Å². The SMILES string of the molecule is COCCOCCOCc1cccc(C(=O)O)n1. The molecular weight excluding hydrogens is 238 g/mol. The minimum atomic E-state index is -1.04. The fourth-order valence-corrected chi connectivity index (χ4v) is 1.22. The molecule has 1 heterocycles. The third-order valence-electron chi connectivity index (χ3n) is 2.08. The van der Waals surface area contributed by atoms with Crippen LogP contribution in [0.5, 0.6) is 0 Å². The Hall–Kier alpha value is -1.50. The maximum absolute atomic E-state index is 10.7. The van der Waals surface area contributed by atoms with Gasteiger partial charge in [-0.3, -0.25) is 0 Å². The standard InChI is InChI=1S/C12H17NO5/c1-16-5-6-17-7-8-18-9-10-3-2-4-11(13-10)12(14)15/h2-4H,5-9H2,1H3,(H,14,15). The van der Waals surface area contributed by atoms with Crippen LogP contribution in [0.2, 0.25) is 0 Å². The van der Waals surface area contributed by atoms with Gasteiger partial charge >= 0.3 is 5.97 Å². The highest BCUT2D eigenvalue weighted by molar-refractivity contribution is 5.85. The highest BCUT2D eigenvalue weighted by Crippen LogP contribution is 2.01. The lowest BCUT2D eigenvalue weighted by Crippen LogP contribution is -2.09. The van der Waals surface area contributed by atoms with E-state index >= 15 is 0 Å². The Labute approximate surface area is 106 Å². The van der Waals surface area contributed by atoms with E-state index in [1.807, 2.05) is 0 Å². The number of pyridine rings is 1. The lowest BCUT2D eigenvalue weighted by atomic mass is 10.3. The van der Waals surface area contributed by atoms with E-state index in [1.165, 1.54) is 6.07 Å². The van der Waals surface area contributed by atoms with Crippen molar-refractivity contribution < 1.29 is 24.1 Å². The molecule has 0 spiro atoms. The summed E-state index contributed by atoms with van der Waals surface area (Å²) >= 11 is 0. The molecule has 0 aliphatic heterocycles. The van der Waals surface area contributed by atoms with E-state index in [2.05, 4.69) is 4.98 Å². The van der Waals surface area contributed by atoms with E-state index in [9.17, 15) is 4.79 Å². The molecular formula is C12H17NO5. The Morgan fingerprint density at radius 3 is 2.67 bits per heavy atom. The van der Waals surface area contributed by atoms with Crippen molar-refractivity contribution in [3.05, 3.63) is 29.6 Å². The molecule has 0 fully saturated rings. The molecule has 0 aliphatic carbocycles. The van der Waals surface area contributed by atoms with Crippen LogP contribution in [-0.2, 0) is 20.8 Å². The van der Waals surface area contributed by atoms with Crippen molar-refractivity contribution in [1.82, 2.24) is 4.98 Å². The lowest BCUT2D eigenvalue weighted by molar-refractivity contribution is 0.0192. The molecule has 0 bridgehead atoms. The van der Waals surface area contributed by atoms with Crippen LogP contribution in [0.15, 0.2) is 18.2 Å². The van der Waals surface area contributed by atoms with Gasteiger partial charge in [-0.1, -0.05) is 6.07 Å². The van der Waals surface area contributed by atoms with Crippen LogP contribution >= 0.6 is 0 Å². The Morgan fingerprint density at radius 2 is 1.94 bits per heavy atom. The molecule has 0 radical (unpaired) electrons. The zero-order valence-corrected chi connectivity index (χ0v) is 10.3. The third-order valence-corrected chi connectivity index (χ3v) is 2.08. The molecule has 0 atom stereocenters. The molecule has 1 rings (SSSR count). The fraction of sp³-hybridized carbons (Fsp3) is 0.500. The van der Waals surface area contributed by atoms with E-state index in [4.69, 9.17) is 19.3 Å². The Bertz CT molecular complexity index is 369. The molecule has 1 N–H and O–H groups in total. The van der Waals surface area contributed by atoms with Crippen molar-refractivity contribution in [2.24, 2.45) is 0 Å². The third kappa shape index (κ3) is 5.72. The van der Waals surface area contributed by atoms with E-state index < -0.39 is 5.97 Å². The molecule has 0 amide bonds. The monoisotopic (exact) mass is 255 g/mol. The van der Waals surface area contributed by atoms with E-state index in [0.717, 1.165) is 0 Å². The summed E-state index contributed by atoms with van der Waals surface area (Å²) in [7, 11) is 1.61. The zero-order valence-electron chi connectivity index (χ0n) is 10.3. The van der Waals surface area contributed by atoms with Crippen LogP contribution < -0.4 is 0 Å². The number of nitrogens with zero attached hydrogens (tertiary/aromatic N) is 1. The summed E-state index contributed by atoms with van der Waals surface area (Å²) in [5.74, 6) is -1.04. The zero-order chi connectivity index (χ0) is 13.2. The quantitative estimate of drug-likeness (QED) is 0.662. The summed E-state index contributed by atoms with van der Waals surface area (Å²) < 4.78 is 15.3. The minimum Gasteiger partial charge on any atom is -0.477 e. The van der Waals surface area contributed by atoms with Crippen molar-refractivity contribution >= 4 is 5.97 Å². The van der Waals surface area contributed by atoms with Gasteiger partial charge in [-0.25, -0.2) is 9.78 Å². The van der Waals surface area contributed by atoms with Gasteiger partial charge < -0.3 is 19.3 Å². The van der Waals surface area contributed by atoms with Crippen LogP contribution in [0.1, 0.15) is 16.2 Å². The maximum atomic E-state index is 10.7. The molecule has 0 saturated heterocycles. The maximum Gasteiger partial charge on any atom is 0.354 e. The van der Waals surface area contributed by atoms with Gasteiger partial charge in [0, 0.05) is 7.11 Å². The number of methoxy groups -OCH3 is 1. The lowest BCUT2D eigenvalue weighted by Gasteiger charge is -2.05. The van der Waals surface area contributed by atoms with Crippen LogP contribution in [0.3, 0.4) is 0 Å². The van der Waals surface area contributed by atoms with Crippen molar-refractivity contribution in [1.29, 1.82) is 0 Å². The van der Waals surface area contributed by atoms with Gasteiger partial charge in [0.2, 0.25) is 0 Å². The first kappa shape index (κ1) is 14.6. The molecule has 1 aromatic heterocycles. The number of hydrogen-bond acceptors (Lipinski definition) is 5. The topological polar surface area (TPSA) is 77.9 Å². The number of carbonyl (C=O) groups is 1. The average Bonchev–Trinajstić information content (AvgIpc) is 2.38. The summed E-state index contributed by atoms with van der Waals surface area (Å²) in [5.41, 5.74) is 0.610. The summed E-state index contributed by atoms with van der Waals surface area (Å²) in [6.45, 7) is 2.27. The van der Waals surface area contributed by atoms with Crippen LogP contribution in [-0.4, -0.2) is 49.6 Å². The minimum absolute atomic E-state index is 0.0208. The van der Waals surface area contributed by atoms with E-state index in [0.29, 0.717) is 32.1 Å². The molecule has 6 nitrogen and oxygen atoms in total. The van der Waals surface area contributed by atoms with E-state index in [1.54, 1.807) is 19.2 Å². The summed E-state index contributed by atoms with van der Waals surface area (Å²) in [5, 5.41) is 8.77. The number of rotatable bonds is 9. The Kier molecular flexibility index (Phi) is 6.93. The fourth-order valence-electron chi connectivity index (χ4n) is 1.22. The molecule has 0 aliphatic rings. The van der Waals surface area contributed by atoms with Crippen LogP contribution in [0.4, 0.5) is 0 Å². The van der Waals surface area contributed by atoms with Crippen molar-refractivity contribution in [2.75, 3.05) is 33.5 Å². The molecule has 18 heavy (non-hydrogen) atoms. The average molecular weight is 255 g/mol. The highest BCUT2D eigenvalue weighted by Gasteiger charge is 2.04. The molecule has 0 aromatic carbocycles. The first-order chi connectivity index (χ1) is 8.74. The summed E-state index contributed by atoms with van der Waals surface area (Å²) in [6.07, 6.45) is 0. The molecule has 100 valence electrons. The number of aromatic nitrogens is 1. The molecule has 0 saturated carbocycles. The Balaban J connectivity index is 2.19. The summed E-state index contributed by atoms with van der Waals surface area (Å²) in [4.78, 5) is 14.6. The number of ether oxygens (including phenoxy) is 3. The molecule has 6 heteroatoms. The number of aromatic carboxylic acids is 1. The normalized spacial score (nSPS) is 10.5. The second kappa shape index (κ2) is 8.57. The van der Waals surface area contributed by atoms with Gasteiger partial charge in [0.05, 0.1) is 38.7 Å². The Morgan fingerprint density at radius 1 is 1.22 bits per heavy atom. The van der Waals surface area contributed by atoms with Gasteiger partial charge in [0.1, 0.15) is 5.69 Å². The van der Waals surface area contributed by atoms with Gasteiger partial charge in [0.15, 0.2) is 0 Å². The van der Waals surface area contributed by atoms with Gasteiger partial charge in [-0.05, 0) is 12.1 Å². The van der Waals surface area contributed by atoms with Crippen molar-refractivity contribution in [3.8, 4) is 0 Å². The van der Waals surface area contributed by atoms with Gasteiger partial charge in [-0.2, -0.15) is 0 Å². The largest absolute Gasteiger partial charge is 0.477 e. The predicted molar refractivity (Wildman–Crippen MR) is 63.5 cm³/mol. The number of carboxylic acids is 1. The molecule has 1 aromatic rings. The molecule has 0 unspecified atom stereocenters. The predicted octanol–water partition coefficient (Wildman–Crippen LogP) is 0.959. The second-order valence-electron chi connectivity index (χ2n) is 3.48. The highest BCUT2D eigenvalue weighted by atomic mass is 16.5.